The van der Waals surface area contributed by atoms with Crippen LogP contribution in [-0.2, 0) is 9.53 Å². The average Bonchev–Trinajstić information content (AvgIpc) is 2.63. The molecule has 0 spiro atoms. The Hall–Kier alpha value is -0.900. The number of esters is 1. The van der Waals surface area contributed by atoms with Crippen LogP contribution in [0.15, 0.2) is 12.2 Å². The minimum Gasteiger partial charge on any atom is -0.468 e. The molecule has 2 aliphatic rings. The molecule has 2 saturated heterocycles. The maximum Gasteiger partial charge on any atom is 0.327 e. The number of hydrogen-bond donors (Lipinski definition) is 0. The van der Waals surface area contributed by atoms with Gasteiger partial charge in [0.15, 0.2) is 0 Å². The van der Waals surface area contributed by atoms with Gasteiger partial charge in [0.25, 0.3) is 0 Å². The first-order valence-electron chi connectivity index (χ1n) is 5.17. The summed E-state index contributed by atoms with van der Waals surface area (Å²) in [6.07, 6.45) is -0.695. The number of hydrogen-bond acceptors (Lipinski definition) is 3. The first-order chi connectivity index (χ1) is 7.02. The molecule has 0 saturated carbocycles. The van der Waals surface area contributed by atoms with Crippen LogP contribution in [0.2, 0.25) is 0 Å². The minimum absolute atomic E-state index is 0.0225. The quantitative estimate of drug-likeness (QED) is 0.483. The molecule has 4 heteroatoms. The lowest BCUT2D eigenvalue weighted by molar-refractivity contribution is -0.153. The molecule has 0 aromatic heterocycles. The summed E-state index contributed by atoms with van der Waals surface area (Å²) in [6, 6.07) is 0. The van der Waals surface area contributed by atoms with Crippen molar-refractivity contribution in [2.45, 2.75) is 25.1 Å². The van der Waals surface area contributed by atoms with Gasteiger partial charge in [0.2, 0.25) is 0 Å². The maximum absolute atomic E-state index is 13.4. The molecule has 2 fully saturated rings. The summed E-state index contributed by atoms with van der Waals surface area (Å²) in [6.45, 7) is 6.79. The number of halogens is 1. The van der Waals surface area contributed by atoms with Crippen LogP contribution in [0.25, 0.3) is 0 Å². The van der Waals surface area contributed by atoms with Gasteiger partial charge in [-0.25, -0.2) is 4.39 Å². The van der Waals surface area contributed by atoms with Crippen LogP contribution in [-0.4, -0.2) is 42.8 Å². The predicted octanol–water partition coefficient (Wildman–Crippen LogP) is 1.15. The zero-order valence-electron chi connectivity index (χ0n) is 9.12. The molecule has 0 N–H and O–H groups in total. The van der Waals surface area contributed by atoms with Crippen molar-refractivity contribution in [2.24, 2.45) is 5.92 Å². The molecule has 2 aliphatic heterocycles. The number of nitrogens with zero attached hydrogens (tertiary/aromatic N) is 1. The Kier molecular flexibility index (Phi) is 2.34. The third kappa shape index (κ3) is 1.24. The normalized spacial score (nSPS) is 40.6. The van der Waals surface area contributed by atoms with Crippen molar-refractivity contribution in [1.29, 1.82) is 0 Å². The van der Waals surface area contributed by atoms with Crippen LogP contribution < -0.4 is 0 Å². The highest BCUT2D eigenvalue weighted by molar-refractivity contribution is 5.83. The summed E-state index contributed by atoms with van der Waals surface area (Å²) in [7, 11) is 1.36. The number of rotatable bonds is 1. The van der Waals surface area contributed by atoms with Crippen molar-refractivity contribution in [3.63, 3.8) is 0 Å². The third-order valence-corrected chi connectivity index (χ3v) is 3.78. The van der Waals surface area contributed by atoms with Crippen molar-refractivity contribution in [3.8, 4) is 0 Å². The van der Waals surface area contributed by atoms with E-state index >= 15 is 0 Å². The van der Waals surface area contributed by atoms with Crippen molar-refractivity contribution >= 4 is 5.97 Å². The molecule has 0 bridgehead atoms. The molecule has 0 aromatic carbocycles. The van der Waals surface area contributed by atoms with E-state index in [0.29, 0.717) is 13.1 Å². The lowest BCUT2D eigenvalue weighted by Crippen LogP contribution is -2.50. The first-order valence-corrected chi connectivity index (χ1v) is 5.17. The lowest BCUT2D eigenvalue weighted by Gasteiger charge is -2.31. The van der Waals surface area contributed by atoms with E-state index in [1.54, 1.807) is 0 Å². The molecule has 0 amide bonds. The number of fused-ring (bicyclic) bond motifs is 1. The van der Waals surface area contributed by atoms with Crippen molar-refractivity contribution in [1.82, 2.24) is 4.90 Å². The summed E-state index contributed by atoms with van der Waals surface area (Å²) < 4.78 is 18.2. The second-order valence-electron chi connectivity index (χ2n) is 4.48. The van der Waals surface area contributed by atoms with Crippen molar-refractivity contribution < 1.29 is 13.9 Å². The summed E-state index contributed by atoms with van der Waals surface area (Å²) in [5.41, 5.74) is 0.206. The van der Waals surface area contributed by atoms with Crippen LogP contribution in [0.1, 0.15) is 13.3 Å². The molecule has 3 atom stereocenters. The minimum atomic E-state index is -0.931. The van der Waals surface area contributed by atoms with Gasteiger partial charge in [-0.15, -0.1) is 0 Å². The first kappa shape index (κ1) is 10.6. The fourth-order valence-electron chi connectivity index (χ4n) is 2.88. The Morgan fingerprint density at radius 2 is 2.40 bits per heavy atom. The number of carbonyl (C=O) groups is 1. The zero-order valence-corrected chi connectivity index (χ0v) is 9.12. The van der Waals surface area contributed by atoms with E-state index in [9.17, 15) is 9.18 Å². The zero-order chi connectivity index (χ0) is 11.2. The Bertz CT molecular complexity index is 318. The molecule has 0 aliphatic carbocycles. The number of carbonyl (C=O) groups excluding carboxylic acids is 1. The van der Waals surface area contributed by atoms with E-state index in [4.69, 9.17) is 4.74 Å². The SMILES string of the molecule is C=C1CN2CC(F)CC2(C(=O)OC)C1C. The van der Waals surface area contributed by atoms with Gasteiger partial charge in [-0.3, -0.25) is 9.69 Å². The smallest absolute Gasteiger partial charge is 0.327 e. The molecule has 0 radical (unpaired) electrons. The van der Waals surface area contributed by atoms with Gasteiger partial charge in [0.05, 0.1) is 7.11 Å². The Morgan fingerprint density at radius 3 is 3.00 bits per heavy atom. The summed E-state index contributed by atoms with van der Waals surface area (Å²) in [5, 5.41) is 0. The summed E-state index contributed by atoms with van der Waals surface area (Å²) in [5.74, 6) is -0.348. The molecule has 15 heavy (non-hydrogen) atoms. The average molecular weight is 213 g/mol. The molecule has 2 rings (SSSR count). The van der Waals surface area contributed by atoms with E-state index in [2.05, 4.69) is 6.58 Å². The van der Waals surface area contributed by atoms with Crippen LogP contribution in [0.3, 0.4) is 0 Å². The Labute approximate surface area is 88.9 Å². The van der Waals surface area contributed by atoms with Crippen LogP contribution in [0, 0.1) is 5.92 Å². The van der Waals surface area contributed by atoms with E-state index in [0.717, 1.165) is 5.57 Å². The fourth-order valence-corrected chi connectivity index (χ4v) is 2.88. The van der Waals surface area contributed by atoms with Crippen LogP contribution in [0.5, 0.6) is 0 Å². The van der Waals surface area contributed by atoms with E-state index < -0.39 is 11.7 Å². The summed E-state index contributed by atoms with van der Waals surface area (Å²) >= 11 is 0. The molecule has 84 valence electrons. The standard InChI is InChI=1S/C11H16FNO2/c1-7-5-13-6-9(12)4-11(13,8(7)2)10(14)15-3/h8-9H,1,4-6H2,2-3H3. The monoisotopic (exact) mass is 213 g/mol. The topological polar surface area (TPSA) is 29.5 Å². The molecule has 3 nitrogen and oxygen atoms in total. The van der Waals surface area contributed by atoms with Gasteiger partial charge in [-0.2, -0.15) is 0 Å². The molecule has 3 unspecified atom stereocenters. The molecular weight excluding hydrogens is 197 g/mol. The second-order valence-corrected chi connectivity index (χ2v) is 4.48. The Morgan fingerprint density at radius 1 is 1.73 bits per heavy atom. The van der Waals surface area contributed by atoms with Crippen LogP contribution >= 0.6 is 0 Å². The van der Waals surface area contributed by atoms with E-state index in [-0.39, 0.29) is 18.3 Å². The van der Waals surface area contributed by atoms with Gasteiger partial charge >= 0.3 is 5.97 Å². The highest BCUT2D eigenvalue weighted by atomic mass is 19.1. The molecule has 0 aromatic rings. The molecular formula is C11H16FNO2. The van der Waals surface area contributed by atoms with Gasteiger partial charge in [-0.1, -0.05) is 19.1 Å². The van der Waals surface area contributed by atoms with Crippen LogP contribution in [0.4, 0.5) is 4.39 Å². The van der Waals surface area contributed by atoms with Crippen molar-refractivity contribution in [3.05, 3.63) is 12.2 Å². The fraction of sp³-hybridized carbons (Fsp3) is 0.727. The Balaban J connectivity index is 2.38. The highest BCUT2D eigenvalue weighted by Gasteiger charge is 2.60. The van der Waals surface area contributed by atoms with Gasteiger partial charge in [0, 0.05) is 25.4 Å². The van der Waals surface area contributed by atoms with Crippen molar-refractivity contribution in [2.75, 3.05) is 20.2 Å². The predicted molar refractivity (Wildman–Crippen MR) is 54.1 cm³/mol. The van der Waals surface area contributed by atoms with Gasteiger partial charge < -0.3 is 4.74 Å². The largest absolute Gasteiger partial charge is 0.468 e. The van der Waals surface area contributed by atoms with Gasteiger partial charge in [0.1, 0.15) is 11.7 Å². The van der Waals surface area contributed by atoms with Gasteiger partial charge in [-0.05, 0) is 0 Å². The molecule has 2 heterocycles. The third-order valence-electron chi connectivity index (χ3n) is 3.78. The number of ether oxygens (including phenoxy) is 1. The second kappa shape index (κ2) is 3.30. The maximum atomic E-state index is 13.4. The summed E-state index contributed by atoms with van der Waals surface area (Å²) in [4.78, 5) is 13.7. The van der Waals surface area contributed by atoms with E-state index in [1.165, 1.54) is 7.11 Å². The highest BCUT2D eigenvalue weighted by Crippen LogP contribution is 2.46. The lowest BCUT2D eigenvalue weighted by atomic mass is 9.82. The number of methoxy groups -OCH3 is 1. The number of alkyl halides is 1. The van der Waals surface area contributed by atoms with E-state index in [1.807, 2.05) is 11.8 Å².